The van der Waals surface area contributed by atoms with Gasteiger partial charge in [0.1, 0.15) is 17.6 Å². The Morgan fingerprint density at radius 2 is 2.00 bits per heavy atom. The van der Waals surface area contributed by atoms with Gasteiger partial charge in [-0.3, -0.25) is 9.59 Å². The fourth-order valence-electron chi connectivity index (χ4n) is 3.06. The number of aromatic carboxylic acids is 1. The van der Waals surface area contributed by atoms with E-state index in [4.69, 9.17) is 5.11 Å². The van der Waals surface area contributed by atoms with Gasteiger partial charge in [0.05, 0.1) is 16.9 Å². The number of carbonyl (C=O) groups excluding carboxylic acids is 2. The quantitative estimate of drug-likeness (QED) is 0.858. The van der Waals surface area contributed by atoms with Crippen molar-refractivity contribution in [2.24, 2.45) is 0 Å². The summed E-state index contributed by atoms with van der Waals surface area (Å²) in [5.74, 6) is -2.60. The minimum absolute atomic E-state index is 0.00557. The Morgan fingerprint density at radius 3 is 2.67 bits per heavy atom. The third-order valence-electron chi connectivity index (χ3n) is 4.44. The number of piperidine rings is 1. The number of rotatable bonds is 4. The smallest absolute Gasteiger partial charge is 0.337 e. The molecule has 0 saturated carbocycles. The fourth-order valence-corrected chi connectivity index (χ4v) is 3.06. The lowest BCUT2D eigenvalue weighted by Crippen LogP contribution is -2.52. The Labute approximate surface area is 154 Å². The molecule has 1 aliphatic heterocycles. The maximum absolute atomic E-state index is 14.0. The molecule has 2 amide bonds. The van der Waals surface area contributed by atoms with Crippen LogP contribution in [0.5, 0.6) is 0 Å². The summed E-state index contributed by atoms with van der Waals surface area (Å²) in [6, 6.07) is 7.79. The molecule has 2 heterocycles. The minimum atomic E-state index is -1.13. The molecular formula is C19H18FN3O4. The van der Waals surface area contributed by atoms with Gasteiger partial charge in [-0.15, -0.1) is 0 Å². The second kappa shape index (κ2) is 7.53. The molecule has 0 bridgehead atoms. The molecule has 1 saturated heterocycles. The first-order chi connectivity index (χ1) is 12.9. The molecule has 1 aromatic carbocycles. The molecule has 0 radical (unpaired) electrons. The van der Waals surface area contributed by atoms with Gasteiger partial charge in [-0.2, -0.15) is 0 Å². The van der Waals surface area contributed by atoms with Crippen LogP contribution in [0.15, 0.2) is 36.4 Å². The van der Waals surface area contributed by atoms with Crippen molar-refractivity contribution in [2.45, 2.75) is 25.8 Å². The Morgan fingerprint density at radius 1 is 1.26 bits per heavy atom. The van der Waals surface area contributed by atoms with E-state index in [-0.39, 0.29) is 22.6 Å². The van der Waals surface area contributed by atoms with Gasteiger partial charge < -0.3 is 15.3 Å². The molecule has 140 valence electrons. The molecule has 1 aliphatic rings. The number of amides is 2. The normalized spacial score (nSPS) is 16.9. The number of carbonyl (C=O) groups is 3. The van der Waals surface area contributed by atoms with Gasteiger partial charge in [0, 0.05) is 6.54 Å². The summed E-state index contributed by atoms with van der Waals surface area (Å²) < 4.78 is 14.0. The highest BCUT2D eigenvalue weighted by molar-refractivity contribution is 6.02. The van der Waals surface area contributed by atoms with Crippen LogP contribution in [-0.4, -0.2) is 40.5 Å². The lowest BCUT2D eigenvalue weighted by molar-refractivity contribution is -0.121. The minimum Gasteiger partial charge on any atom is -0.478 e. The maximum Gasteiger partial charge on any atom is 0.337 e. The average Bonchev–Trinajstić information content (AvgIpc) is 2.63. The van der Waals surface area contributed by atoms with Crippen LogP contribution in [0.25, 0.3) is 0 Å². The summed E-state index contributed by atoms with van der Waals surface area (Å²) in [4.78, 5) is 41.5. The SMILES string of the molecule is Cc1nc(C(=O)NC2CCCN(c3ccccc3F)C2=O)ccc1C(=O)O. The molecule has 1 unspecified atom stereocenters. The highest BCUT2D eigenvalue weighted by Gasteiger charge is 2.32. The lowest BCUT2D eigenvalue weighted by atomic mass is 10.0. The van der Waals surface area contributed by atoms with Crippen molar-refractivity contribution in [3.05, 3.63) is 59.2 Å². The molecule has 0 aliphatic carbocycles. The van der Waals surface area contributed by atoms with Gasteiger partial charge in [0.15, 0.2) is 0 Å². The Bertz CT molecular complexity index is 916. The monoisotopic (exact) mass is 371 g/mol. The first-order valence-corrected chi connectivity index (χ1v) is 8.46. The van der Waals surface area contributed by atoms with E-state index in [2.05, 4.69) is 10.3 Å². The van der Waals surface area contributed by atoms with E-state index in [1.165, 1.54) is 36.1 Å². The number of hydrogen-bond donors (Lipinski definition) is 2. The van der Waals surface area contributed by atoms with Crippen LogP contribution in [0, 0.1) is 12.7 Å². The Balaban J connectivity index is 1.76. The molecule has 7 nitrogen and oxygen atoms in total. The molecule has 2 N–H and O–H groups in total. The number of hydrogen-bond acceptors (Lipinski definition) is 4. The van der Waals surface area contributed by atoms with Crippen LogP contribution < -0.4 is 10.2 Å². The van der Waals surface area contributed by atoms with Gasteiger partial charge in [-0.25, -0.2) is 14.2 Å². The van der Waals surface area contributed by atoms with Crippen molar-refractivity contribution in [2.75, 3.05) is 11.4 Å². The third-order valence-corrected chi connectivity index (χ3v) is 4.44. The van der Waals surface area contributed by atoms with Crippen molar-refractivity contribution >= 4 is 23.5 Å². The number of nitrogens with one attached hydrogen (secondary N) is 1. The van der Waals surface area contributed by atoms with E-state index in [1.54, 1.807) is 12.1 Å². The van der Waals surface area contributed by atoms with E-state index in [9.17, 15) is 18.8 Å². The van der Waals surface area contributed by atoms with E-state index in [0.717, 1.165) is 0 Å². The van der Waals surface area contributed by atoms with Crippen LogP contribution in [-0.2, 0) is 4.79 Å². The zero-order chi connectivity index (χ0) is 19.6. The maximum atomic E-state index is 14.0. The zero-order valence-corrected chi connectivity index (χ0v) is 14.6. The number of anilines is 1. The number of aryl methyl sites for hydroxylation is 1. The van der Waals surface area contributed by atoms with E-state index >= 15 is 0 Å². The summed E-state index contributed by atoms with van der Waals surface area (Å²) in [6.07, 6.45) is 1.04. The number of para-hydroxylation sites is 1. The van der Waals surface area contributed by atoms with Crippen LogP contribution in [0.2, 0.25) is 0 Å². The number of pyridine rings is 1. The molecule has 1 fully saturated rings. The fraction of sp³-hybridized carbons (Fsp3) is 0.263. The van der Waals surface area contributed by atoms with Gasteiger partial charge >= 0.3 is 5.97 Å². The number of aromatic nitrogens is 1. The van der Waals surface area contributed by atoms with Crippen molar-refractivity contribution in [3.8, 4) is 0 Å². The predicted molar refractivity (Wildman–Crippen MR) is 95.2 cm³/mol. The summed E-state index contributed by atoms with van der Waals surface area (Å²) in [7, 11) is 0. The van der Waals surface area contributed by atoms with Crippen molar-refractivity contribution in [3.63, 3.8) is 0 Å². The van der Waals surface area contributed by atoms with Gasteiger partial charge in [0.25, 0.3) is 5.91 Å². The average molecular weight is 371 g/mol. The lowest BCUT2D eigenvalue weighted by Gasteiger charge is -2.32. The first kappa shape index (κ1) is 18.5. The van der Waals surface area contributed by atoms with Crippen molar-refractivity contribution in [1.82, 2.24) is 10.3 Å². The molecule has 3 rings (SSSR count). The Kier molecular flexibility index (Phi) is 5.16. The first-order valence-electron chi connectivity index (χ1n) is 8.46. The van der Waals surface area contributed by atoms with Gasteiger partial charge in [-0.05, 0) is 44.0 Å². The molecule has 0 spiro atoms. The van der Waals surface area contributed by atoms with Gasteiger partial charge in [-0.1, -0.05) is 12.1 Å². The molecule has 2 aromatic rings. The summed E-state index contributed by atoms with van der Waals surface area (Å²) in [5, 5.41) is 11.6. The summed E-state index contributed by atoms with van der Waals surface area (Å²) in [6.45, 7) is 1.86. The second-order valence-corrected chi connectivity index (χ2v) is 6.24. The molecule has 8 heteroatoms. The van der Waals surface area contributed by atoms with Crippen LogP contribution in [0.1, 0.15) is 39.4 Å². The molecule has 1 aromatic heterocycles. The number of carboxylic acids is 1. The van der Waals surface area contributed by atoms with Crippen molar-refractivity contribution in [1.29, 1.82) is 0 Å². The second-order valence-electron chi connectivity index (χ2n) is 6.24. The molecular weight excluding hydrogens is 353 g/mol. The summed E-state index contributed by atoms with van der Waals surface area (Å²) >= 11 is 0. The highest BCUT2D eigenvalue weighted by Crippen LogP contribution is 2.24. The zero-order valence-electron chi connectivity index (χ0n) is 14.6. The number of nitrogens with zero attached hydrogens (tertiary/aromatic N) is 2. The standard InChI is InChI=1S/C19H18FN3O4/c1-11-12(19(26)27)8-9-14(21-11)17(24)22-15-6-4-10-23(18(15)25)16-7-3-2-5-13(16)20/h2-3,5,7-9,15H,4,6,10H2,1H3,(H,22,24)(H,26,27). The number of halogens is 1. The van der Waals surface area contributed by atoms with Crippen LogP contribution in [0.4, 0.5) is 10.1 Å². The topological polar surface area (TPSA) is 99.6 Å². The highest BCUT2D eigenvalue weighted by atomic mass is 19.1. The summed E-state index contributed by atoms with van der Waals surface area (Å²) in [5.41, 5.74) is 0.415. The van der Waals surface area contributed by atoms with E-state index in [1.807, 2.05) is 0 Å². The predicted octanol–water partition coefficient (Wildman–Crippen LogP) is 2.15. The van der Waals surface area contributed by atoms with E-state index < -0.39 is 29.6 Å². The third kappa shape index (κ3) is 3.79. The van der Waals surface area contributed by atoms with E-state index in [0.29, 0.717) is 19.4 Å². The Hall–Kier alpha value is -3.29. The van der Waals surface area contributed by atoms with Crippen LogP contribution >= 0.6 is 0 Å². The van der Waals surface area contributed by atoms with Crippen LogP contribution in [0.3, 0.4) is 0 Å². The number of benzene rings is 1. The molecule has 27 heavy (non-hydrogen) atoms. The van der Waals surface area contributed by atoms with Crippen molar-refractivity contribution < 1.29 is 23.9 Å². The number of carboxylic acid groups (broad SMARTS) is 1. The molecule has 1 atom stereocenters. The van der Waals surface area contributed by atoms with Gasteiger partial charge in [0.2, 0.25) is 5.91 Å². The largest absolute Gasteiger partial charge is 0.478 e.